The lowest BCUT2D eigenvalue weighted by Crippen LogP contribution is -2.45. The molecule has 2 heterocycles. The summed E-state index contributed by atoms with van der Waals surface area (Å²) in [6, 6.07) is 44.2. The van der Waals surface area contributed by atoms with E-state index in [1.807, 2.05) is 0 Å². The molecule has 2 unspecified atom stereocenters. The summed E-state index contributed by atoms with van der Waals surface area (Å²) in [5.41, 5.74) is 1.22. The molecule has 118 heavy (non-hydrogen) atoms. The number of hydrogen-bond donors (Lipinski definition) is 16. The Hall–Kier alpha value is -16.4. The zero-order valence-corrected chi connectivity index (χ0v) is 61.9. The van der Waals surface area contributed by atoms with Crippen molar-refractivity contribution in [3.05, 3.63) is 308 Å². The number of fused-ring (bicyclic) bond motifs is 1. The molecule has 4 amide bonds. The molecule has 16 N–H and O–H groups in total. The van der Waals surface area contributed by atoms with Gasteiger partial charge in [0, 0.05) is 63.4 Å². The standard InChI is InChI=1S/C22H16N2O8.C20H17ClN2O5.C20H17N5O5.C17H15N3O8/c25-13-4-6-17(15(9-13)21(29)30)23-19(27)11-2-1-3-12(8-11)20(28)24-18-7-5-14(26)10-16(18)22(31)32;21-11-7-8-16-15(10-11)12(17(23-16)20(27)28)6-3-9-22-18(24)13-4-1-2-5-14(13)19(25)26;1-11-17(25(29)30)18(22-15-9-5-3-7-13(15)12(2)26)24-20(21-11)23-16-10-6-4-8-14(16)19(27)28;21-14(8-10-4-6-12(7-5-10)19(25)26)18-15(17(23)24)16(22)11-2-1-3-13(9-11)20(27)28/h1-10,25-26H,(H,23,27)(H,24,28)(H,29,30)(H,31,32);1-2,4-5,7-8,10,23H,3,6,9H2,(H,22,24)(H,25,26)(H,27,28);3-10H,1-2H3,(H,27,28)(H2,21,22,23,24);1-7,9,15-16,22H,8H2,(H,18,21)(H,23,24). The van der Waals surface area contributed by atoms with Gasteiger partial charge in [-0.05, 0) is 153 Å². The number of nitrogens with one attached hydrogen (secondary N) is 7. The summed E-state index contributed by atoms with van der Waals surface area (Å²) in [7, 11) is 0. The van der Waals surface area contributed by atoms with Gasteiger partial charge in [-0.25, -0.2) is 33.8 Å². The van der Waals surface area contributed by atoms with Gasteiger partial charge >= 0.3 is 41.5 Å². The number of nitro groups is 3. The highest BCUT2D eigenvalue weighted by Crippen LogP contribution is 2.34. The van der Waals surface area contributed by atoms with Gasteiger partial charge in [0.1, 0.15) is 29.0 Å². The summed E-state index contributed by atoms with van der Waals surface area (Å²) in [4.78, 5) is 172. The number of rotatable bonds is 28. The number of nitro benzene ring substituents is 2. The van der Waals surface area contributed by atoms with Crippen LogP contribution in [0.2, 0.25) is 5.02 Å². The minimum absolute atomic E-state index is 0.00598. The van der Waals surface area contributed by atoms with E-state index in [4.69, 9.17) is 16.7 Å². The molecular weight excluding hydrogens is 1570 g/mol. The quantitative estimate of drug-likeness (QED) is 0.00712. The molecule has 0 aliphatic heterocycles. The molecule has 2 atom stereocenters. The number of benzene rings is 9. The number of carbonyl (C=O) groups excluding carboxylic acids is 5. The molecule has 2 aromatic heterocycles. The number of anilines is 6. The van der Waals surface area contributed by atoms with Crippen LogP contribution in [0.1, 0.15) is 135 Å². The van der Waals surface area contributed by atoms with E-state index in [-0.39, 0.29) is 132 Å². The maximum atomic E-state index is 12.6. The van der Waals surface area contributed by atoms with Gasteiger partial charge in [0.2, 0.25) is 17.7 Å². The molecule has 604 valence electrons. The van der Waals surface area contributed by atoms with Gasteiger partial charge in [0.05, 0.1) is 71.8 Å². The fourth-order valence-electron chi connectivity index (χ4n) is 11.2. The Kier molecular flexibility index (Phi) is 29.3. The summed E-state index contributed by atoms with van der Waals surface area (Å²) < 4.78 is 0. The molecule has 38 nitrogen and oxygen atoms in total. The van der Waals surface area contributed by atoms with Crippen LogP contribution in [0.5, 0.6) is 11.5 Å². The summed E-state index contributed by atoms with van der Waals surface area (Å²) >= 11 is 6.02. The van der Waals surface area contributed by atoms with Gasteiger partial charge in [-0.1, -0.05) is 78.3 Å². The van der Waals surface area contributed by atoms with Crippen molar-refractivity contribution >= 4 is 139 Å². The number of aryl methyl sites for hydroxylation is 2. The van der Waals surface area contributed by atoms with E-state index in [2.05, 4.69) is 46.9 Å². The number of aromatic amines is 1. The zero-order valence-electron chi connectivity index (χ0n) is 61.1. The molecule has 0 aliphatic carbocycles. The van der Waals surface area contributed by atoms with Crippen LogP contribution in [0.25, 0.3) is 10.9 Å². The third-order valence-electron chi connectivity index (χ3n) is 16.8. The normalized spacial score (nSPS) is 10.9. The van der Waals surface area contributed by atoms with Crippen LogP contribution in [0.3, 0.4) is 0 Å². The number of H-pyrrole nitrogens is 1. The monoisotopic (exact) mass is 1630 g/mol. The average Bonchev–Trinajstić information content (AvgIpc) is 1.75. The summed E-state index contributed by atoms with van der Waals surface area (Å²) in [5, 5.41) is 134. The van der Waals surface area contributed by atoms with Crippen LogP contribution in [0.15, 0.2) is 200 Å². The molecule has 0 spiro atoms. The number of aromatic carboxylic acids is 5. The second kappa shape index (κ2) is 39.7. The zero-order chi connectivity index (χ0) is 86.4. The second-order valence-corrected chi connectivity index (χ2v) is 25.2. The molecule has 11 rings (SSSR count). The summed E-state index contributed by atoms with van der Waals surface area (Å²) in [6.07, 6.45) is -1.12. The number of phenols is 2. The number of hydrogen-bond acceptors (Lipinski definition) is 24. The lowest BCUT2D eigenvalue weighted by molar-refractivity contribution is -0.385. The predicted molar refractivity (Wildman–Crippen MR) is 421 cm³/mol. The molecule has 11 aromatic rings. The first-order chi connectivity index (χ1) is 56.0. The number of halogens is 1. The van der Waals surface area contributed by atoms with Gasteiger partial charge in [0.25, 0.3) is 29.1 Å². The number of phenolic OH excluding ortho intramolecular Hbond substituents is 2. The molecule has 0 fully saturated rings. The second-order valence-electron chi connectivity index (χ2n) is 24.8. The van der Waals surface area contributed by atoms with E-state index >= 15 is 0 Å². The first kappa shape index (κ1) is 87.2. The Morgan fingerprint density at radius 1 is 0.508 bits per heavy atom. The minimum atomic E-state index is -1.74. The number of aliphatic hydroxyl groups is 1. The molecule has 0 saturated carbocycles. The van der Waals surface area contributed by atoms with Crippen molar-refractivity contribution in [3.63, 3.8) is 0 Å². The van der Waals surface area contributed by atoms with Crippen LogP contribution in [-0.4, -0.2) is 153 Å². The van der Waals surface area contributed by atoms with E-state index < -0.39 is 86.4 Å². The van der Waals surface area contributed by atoms with E-state index in [0.29, 0.717) is 45.8 Å². The number of amides is 4. The van der Waals surface area contributed by atoms with Crippen molar-refractivity contribution in [2.75, 3.05) is 27.8 Å². The smallest absolute Gasteiger partial charge is 0.352 e. The number of aliphatic hydroxyl groups excluding tert-OH is 1. The third kappa shape index (κ3) is 23.1. The number of carboxylic acid groups (broad SMARTS) is 6. The topological polar surface area (TPSA) is 613 Å². The van der Waals surface area contributed by atoms with Gasteiger partial charge in [-0.3, -0.25) is 54.3 Å². The number of aromatic hydroxyl groups is 2. The number of ketones is 1. The lowest BCUT2D eigenvalue weighted by Gasteiger charge is -2.20. The third-order valence-corrected chi connectivity index (χ3v) is 17.0. The van der Waals surface area contributed by atoms with Gasteiger partial charge in [-0.2, -0.15) is 4.98 Å². The number of Topliss-reactive ketones (excluding diaryl/α,β-unsaturated/α-hetero) is 1. The number of aromatic nitrogens is 3. The molecule has 0 bridgehead atoms. The number of para-hydroxylation sites is 2. The maximum Gasteiger partial charge on any atom is 0.352 e. The molecular formula is C79H65ClN12O26. The highest BCUT2D eigenvalue weighted by atomic mass is 35.5. The molecule has 9 aromatic carbocycles. The fraction of sp³-hybridized carbons (Fsp3) is 0.101. The predicted octanol–water partition coefficient (Wildman–Crippen LogP) is 12.0. The highest BCUT2D eigenvalue weighted by molar-refractivity contribution is 6.31. The van der Waals surface area contributed by atoms with Crippen molar-refractivity contribution in [2.45, 2.75) is 45.3 Å². The SMILES string of the molecule is CC(=O)c1ccccc1Nc1nc(Nc2ccccc2C(=O)O)nc(C)c1[N+](=O)[O-].O=C(Cc1ccc([N+](=O)[O-])cc1)NC(C(=O)O)C(O)c1cccc([N+](=O)[O-])c1.O=C(Nc1ccc(O)cc1C(=O)O)c1cccc(C(=O)Nc2ccc(O)cc2C(=O)O)c1.O=C(O)c1ccccc1C(=O)NCCCc1c(C(=O)O)[nH]c2ccc(Cl)cc12. The Bertz CT molecular complexity index is 5710. The molecule has 39 heteroatoms. The van der Waals surface area contributed by atoms with Crippen molar-refractivity contribution < 1.29 is 113 Å². The largest absolute Gasteiger partial charge is 0.508 e. The van der Waals surface area contributed by atoms with Crippen molar-refractivity contribution in [1.29, 1.82) is 0 Å². The fourth-order valence-corrected chi connectivity index (χ4v) is 11.4. The van der Waals surface area contributed by atoms with Gasteiger partial charge in [0.15, 0.2) is 11.8 Å². The molecule has 0 aliphatic rings. The average molecular weight is 1630 g/mol. The first-order valence-electron chi connectivity index (χ1n) is 34.2. The Morgan fingerprint density at radius 2 is 1.03 bits per heavy atom. The summed E-state index contributed by atoms with van der Waals surface area (Å²) in [6.45, 7) is 3.09. The van der Waals surface area contributed by atoms with Crippen molar-refractivity contribution in [3.8, 4) is 11.5 Å². The van der Waals surface area contributed by atoms with Crippen LogP contribution in [0.4, 0.5) is 51.6 Å². The Balaban J connectivity index is 0.000000196. The van der Waals surface area contributed by atoms with Crippen LogP contribution < -0.4 is 31.9 Å². The lowest BCUT2D eigenvalue weighted by atomic mass is 10.0. The van der Waals surface area contributed by atoms with Crippen LogP contribution >= 0.6 is 11.6 Å². The van der Waals surface area contributed by atoms with Crippen molar-refractivity contribution in [1.82, 2.24) is 25.6 Å². The van der Waals surface area contributed by atoms with E-state index in [1.54, 1.807) is 66.7 Å². The number of non-ortho nitro benzene ring substituents is 2. The number of aliphatic carboxylic acids is 1. The number of carboxylic acids is 6. The van der Waals surface area contributed by atoms with Crippen molar-refractivity contribution in [2.24, 2.45) is 0 Å². The molecule has 0 radical (unpaired) electrons. The van der Waals surface area contributed by atoms with E-state index in [0.717, 1.165) is 23.6 Å². The Morgan fingerprint density at radius 3 is 1.56 bits per heavy atom. The minimum Gasteiger partial charge on any atom is -0.508 e. The Labute approximate surface area is 668 Å². The molecule has 0 saturated heterocycles. The first-order valence-corrected chi connectivity index (χ1v) is 34.5. The van der Waals surface area contributed by atoms with Crippen LogP contribution in [0, 0.1) is 37.3 Å². The van der Waals surface area contributed by atoms with Crippen LogP contribution in [-0.2, 0) is 22.4 Å². The summed E-state index contributed by atoms with van der Waals surface area (Å²) in [5.74, 6) is -11.2. The number of nitrogens with zero attached hydrogens (tertiary/aromatic N) is 5. The van der Waals surface area contributed by atoms with E-state index in [1.165, 1.54) is 129 Å². The van der Waals surface area contributed by atoms with Gasteiger partial charge < -0.3 is 82.8 Å². The van der Waals surface area contributed by atoms with Gasteiger partial charge in [-0.15, -0.1) is 0 Å². The maximum absolute atomic E-state index is 12.6. The van der Waals surface area contributed by atoms with E-state index in [9.17, 15) is 124 Å². The number of carbonyl (C=O) groups is 11. The highest BCUT2D eigenvalue weighted by Gasteiger charge is 2.32.